The number of aromatic nitrogens is 2. The number of methoxy groups -OCH3 is 1. The molecule has 0 aliphatic carbocycles. The van der Waals surface area contributed by atoms with Gasteiger partial charge < -0.3 is 9.47 Å². The van der Waals surface area contributed by atoms with Gasteiger partial charge in [-0.2, -0.15) is 10.2 Å². The van der Waals surface area contributed by atoms with Gasteiger partial charge in [-0.15, -0.1) is 0 Å². The van der Waals surface area contributed by atoms with Crippen molar-refractivity contribution >= 4 is 22.9 Å². The molecule has 0 aliphatic rings. The number of para-hydroxylation sites is 1. The fourth-order valence-corrected chi connectivity index (χ4v) is 3.76. The molecular weight excluding hydrogens is 440 g/mol. The van der Waals surface area contributed by atoms with Crippen molar-refractivity contribution in [3.8, 4) is 28.5 Å². The lowest BCUT2D eigenvalue weighted by atomic mass is 10.0. The first-order valence-electron chi connectivity index (χ1n) is 11.0. The van der Waals surface area contributed by atoms with E-state index >= 15 is 0 Å². The van der Waals surface area contributed by atoms with Crippen molar-refractivity contribution < 1.29 is 14.3 Å². The van der Waals surface area contributed by atoms with Crippen LogP contribution in [0.1, 0.15) is 16.1 Å². The Morgan fingerprint density at radius 2 is 1.71 bits per heavy atom. The van der Waals surface area contributed by atoms with Gasteiger partial charge >= 0.3 is 0 Å². The second-order valence-corrected chi connectivity index (χ2v) is 7.72. The first-order chi connectivity index (χ1) is 17.2. The van der Waals surface area contributed by atoms with E-state index in [1.165, 1.54) is 0 Å². The SMILES string of the molecule is COc1ccc2ccccc2c1-c1cc(C(=O)N/N=C/c2cccc(Oc3ccccc3)c2)[nH]n1. The van der Waals surface area contributed by atoms with E-state index in [0.29, 0.717) is 17.2 Å². The van der Waals surface area contributed by atoms with E-state index in [9.17, 15) is 4.79 Å². The highest BCUT2D eigenvalue weighted by atomic mass is 16.5. The van der Waals surface area contributed by atoms with Gasteiger partial charge in [0.15, 0.2) is 0 Å². The minimum atomic E-state index is -0.407. The van der Waals surface area contributed by atoms with Crippen molar-refractivity contribution in [2.75, 3.05) is 7.11 Å². The molecule has 0 fully saturated rings. The number of hydrogen-bond donors (Lipinski definition) is 2. The van der Waals surface area contributed by atoms with E-state index in [2.05, 4.69) is 20.7 Å². The van der Waals surface area contributed by atoms with Crippen LogP contribution in [0.15, 0.2) is 102 Å². The first kappa shape index (κ1) is 21.9. The Morgan fingerprint density at radius 3 is 2.57 bits per heavy atom. The molecule has 0 radical (unpaired) electrons. The maximum atomic E-state index is 12.7. The predicted octanol–water partition coefficient (Wildman–Crippen LogP) is 5.79. The van der Waals surface area contributed by atoms with Crippen LogP contribution in [0.25, 0.3) is 22.0 Å². The molecular formula is C28H22N4O3. The highest BCUT2D eigenvalue weighted by Crippen LogP contribution is 2.36. The van der Waals surface area contributed by atoms with Crippen molar-refractivity contribution in [1.29, 1.82) is 0 Å². The highest BCUT2D eigenvalue weighted by molar-refractivity contribution is 6.00. The maximum absolute atomic E-state index is 12.7. The van der Waals surface area contributed by atoms with Crippen LogP contribution in [0.3, 0.4) is 0 Å². The second-order valence-electron chi connectivity index (χ2n) is 7.72. The average molecular weight is 463 g/mol. The Morgan fingerprint density at radius 1 is 0.914 bits per heavy atom. The normalized spacial score (nSPS) is 11.0. The van der Waals surface area contributed by atoms with Gasteiger partial charge in [0.1, 0.15) is 22.9 Å². The molecule has 0 spiro atoms. The largest absolute Gasteiger partial charge is 0.496 e. The summed E-state index contributed by atoms with van der Waals surface area (Å²) in [6.07, 6.45) is 1.56. The number of aromatic amines is 1. The van der Waals surface area contributed by atoms with Gasteiger partial charge in [-0.1, -0.05) is 60.7 Å². The third-order valence-electron chi connectivity index (χ3n) is 5.41. The van der Waals surface area contributed by atoms with E-state index in [1.807, 2.05) is 91.0 Å². The van der Waals surface area contributed by atoms with Gasteiger partial charge in [0.25, 0.3) is 5.91 Å². The summed E-state index contributed by atoms with van der Waals surface area (Å²) >= 11 is 0. The number of amides is 1. The van der Waals surface area contributed by atoms with E-state index in [1.54, 1.807) is 19.4 Å². The van der Waals surface area contributed by atoms with Crippen LogP contribution in [0.2, 0.25) is 0 Å². The summed E-state index contributed by atoms with van der Waals surface area (Å²) in [6, 6.07) is 30.5. The Bertz CT molecular complexity index is 1510. The Labute approximate surface area is 202 Å². The van der Waals surface area contributed by atoms with Crippen LogP contribution in [-0.2, 0) is 0 Å². The molecule has 172 valence electrons. The quantitative estimate of drug-likeness (QED) is 0.237. The lowest BCUT2D eigenvalue weighted by Crippen LogP contribution is -2.18. The molecule has 0 saturated carbocycles. The Balaban J connectivity index is 1.30. The number of carbonyl (C=O) groups is 1. The lowest BCUT2D eigenvalue weighted by molar-refractivity contribution is 0.0950. The number of nitrogens with zero attached hydrogens (tertiary/aromatic N) is 2. The Hall–Kier alpha value is -4.91. The van der Waals surface area contributed by atoms with Crippen molar-refractivity contribution in [2.45, 2.75) is 0 Å². The van der Waals surface area contributed by atoms with Gasteiger partial charge in [-0.3, -0.25) is 9.89 Å². The molecule has 4 aromatic carbocycles. The summed E-state index contributed by atoms with van der Waals surface area (Å²) in [4.78, 5) is 12.7. The summed E-state index contributed by atoms with van der Waals surface area (Å²) in [6.45, 7) is 0. The maximum Gasteiger partial charge on any atom is 0.289 e. The van der Waals surface area contributed by atoms with Crippen LogP contribution in [-0.4, -0.2) is 29.4 Å². The summed E-state index contributed by atoms with van der Waals surface area (Å²) in [5.41, 5.74) is 5.03. The summed E-state index contributed by atoms with van der Waals surface area (Å²) in [7, 11) is 1.61. The zero-order valence-corrected chi connectivity index (χ0v) is 18.9. The zero-order chi connectivity index (χ0) is 24.0. The summed E-state index contributed by atoms with van der Waals surface area (Å²) in [5, 5.41) is 13.3. The first-order valence-corrected chi connectivity index (χ1v) is 11.0. The molecule has 1 amide bonds. The van der Waals surface area contributed by atoms with E-state index in [4.69, 9.17) is 9.47 Å². The summed E-state index contributed by atoms with van der Waals surface area (Å²) in [5.74, 6) is 1.69. The molecule has 7 nitrogen and oxygen atoms in total. The topological polar surface area (TPSA) is 88.6 Å². The van der Waals surface area contributed by atoms with Crippen LogP contribution in [0.4, 0.5) is 0 Å². The molecule has 1 heterocycles. The van der Waals surface area contributed by atoms with Crippen LogP contribution in [0, 0.1) is 0 Å². The van der Waals surface area contributed by atoms with Crippen molar-refractivity contribution in [3.05, 3.63) is 108 Å². The van der Waals surface area contributed by atoms with Gasteiger partial charge in [0, 0.05) is 0 Å². The second kappa shape index (κ2) is 9.93. The molecule has 0 unspecified atom stereocenters. The average Bonchev–Trinajstić information content (AvgIpc) is 3.39. The van der Waals surface area contributed by atoms with Crippen molar-refractivity contribution in [1.82, 2.24) is 15.6 Å². The molecule has 5 rings (SSSR count). The van der Waals surface area contributed by atoms with Gasteiger partial charge in [0.2, 0.25) is 0 Å². The van der Waals surface area contributed by atoms with Crippen LogP contribution < -0.4 is 14.9 Å². The molecule has 5 aromatic rings. The molecule has 35 heavy (non-hydrogen) atoms. The number of carbonyl (C=O) groups excluding carboxylic acids is 1. The van der Waals surface area contributed by atoms with Crippen LogP contribution >= 0.6 is 0 Å². The van der Waals surface area contributed by atoms with E-state index < -0.39 is 5.91 Å². The number of rotatable bonds is 7. The number of fused-ring (bicyclic) bond motifs is 1. The minimum Gasteiger partial charge on any atom is -0.496 e. The van der Waals surface area contributed by atoms with E-state index in [0.717, 1.165) is 27.6 Å². The zero-order valence-electron chi connectivity index (χ0n) is 18.9. The molecule has 1 aromatic heterocycles. The molecule has 0 saturated heterocycles. The number of hydrogen-bond acceptors (Lipinski definition) is 5. The number of H-pyrrole nitrogens is 1. The lowest BCUT2D eigenvalue weighted by Gasteiger charge is -2.09. The molecule has 0 bridgehead atoms. The Kier molecular flexibility index (Phi) is 6.21. The molecule has 0 aliphatic heterocycles. The smallest absolute Gasteiger partial charge is 0.289 e. The third-order valence-corrected chi connectivity index (χ3v) is 5.41. The van der Waals surface area contributed by atoms with Crippen molar-refractivity contribution in [2.24, 2.45) is 5.10 Å². The minimum absolute atomic E-state index is 0.285. The standard InChI is InChI=1S/C28H22N4O3/c1-34-26-15-14-20-9-5-6-13-23(20)27(26)24-17-25(31-30-24)28(33)32-29-18-19-8-7-12-22(16-19)35-21-10-3-2-4-11-21/h2-18H,1H3,(H,30,31)(H,32,33)/b29-18+. The van der Waals surface area contributed by atoms with Gasteiger partial charge in [-0.05, 0) is 52.7 Å². The fraction of sp³-hybridized carbons (Fsp3) is 0.0357. The molecule has 0 atom stereocenters. The predicted molar refractivity (Wildman–Crippen MR) is 136 cm³/mol. The van der Waals surface area contributed by atoms with Gasteiger partial charge in [0.05, 0.1) is 24.6 Å². The number of nitrogens with one attached hydrogen (secondary N) is 2. The fourth-order valence-electron chi connectivity index (χ4n) is 3.76. The number of ether oxygens (including phenoxy) is 2. The van der Waals surface area contributed by atoms with E-state index in [-0.39, 0.29) is 5.69 Å². The van der Waals surface area contributed by atoms with Crippen molar-refractivity contribution in [3.63, 3.8) is 0 Å². The van der Waals surface area contributed by atoms with Gasteiger partial charge in [-0.25, -0.2) is 5.43 Å². The number of hydrazone groups is 1. The molecule has 2 N–H and O–H groups in total. The van der Waals surface area contributed by atoms with Crippen LogP contribution in [0.5, 0.6) is 17.2 Å². The number of benzene rings is 4. The summed E-state index contributed by atoms with van der Waals surface area (Å²) < 4.78 is 11.4. The monoisotopic (exact) mass is 462 g/mol. The third kappa shape index (κ3) is 4.89. The molecule has 7 heteroatoms. The highest BCUT2D eigenvalue weighted by Gasteiger charge is 2.16.